The highest BCUT2D eigenvalue weighted by Gasteiger charge is 2.28. The Morgan fingerprint density at radius 2 is 2.00 bits per heavy atom. The number of hydrogen-bond acceptors (Lipinski definition) is 5. The highest BCUT2D eigenvalue weighted by Crippen LogP contribution is 2.28. The summed E-state index contributed by atoms with van der Waals surface area (Å²) in [4.78, 5) is 25.6. The van der Waals surface area contributed by atoms with Gasteiger partial charge in [0, 0.05) is 24.7 Å². The Morgan fingerprint density at radius 1 is 1.21 bits per heavy atom. The summed E-state index contributed by atoms with van der Waals surface area (Å²) >= 11 is 0. The number of nitrogens with one attached hydrogen (secondary N) is 1. The highest BCUT2D eigenvalue weighted by molar-refractivity contribution is 5.94. The van der Waals surface area contributed by atoms with Gasteiger partial charge in [-0.05, 0) is 49.2 Å². The van der Waals surface area contributed by atoms with Gasteiger partial charge >= 0.3 is 5.76 Å². The van der Waals surface area contributed by atoms with E-state index >= 15 is 0 Å². The monoisotopic (exact) mass is 401 g/mol. The van der Waals surface area contributed by atoms with E-state index in [1.807, 2.05) is 0 Å². The van der Waals surface area contributed by atoms with Gasteiger partial charge in [-0.3, -0.25) is 4.79 Å². The molecule has 1 fully saturated rings. The van der Waals surface area contributed by atoms with Gasteiger partial charge in [-0.1, -0.05) is 0 Å². The maximum Gasteiger partial charge on any atom is 0.434 e. The molecule has 150 valence electrons. The summed E-state index contributed by atoms with van der Waals surface area (Å²) in [7, 11) is 0. The normalized spacial score (nSPS) is 16.6. The lowest BCUT2D eigenvalue weighted by Gasteiger charge is -2.31. The smallest absolute Gasteiger partial charge is 0.434 e. The topological polar surface area (TPSA) is 88.4 Å². The fourth-order valence-corrected chi connectivity index (χ4v) is 3.31. The molecule has 1 N–H and O–H groups in total. The van der Waals surface area contributed by atoms with Gasteiger partial charge in [-0.2, -0.15) is 0 Å². The first-order valence-corrected chi connectivity index (χ1v) is 9.07. The minimum absolute atomic E-state index is 0.107. The molecule has 1 aliphatic heterocycles. The van der Waals surface area contributed by atoms with Crippen LogP contribution < -0.4 is 10.5 Å². The molecule has 0 radical (unpaired) electrons. The molecular formula is C20H17F2N3O4. The van der Waals surface area contributed by atoms with Gasteiger partial charge in [0.25, 0.3) is 5.91 Å². The van der Waals surface area contributed by atoms with Crippen molar-refractivity contribution in [3.63, 3.8) is 0 Å². The van der Waals surface area contributed by atoms with Crippen molar-refractivity contribution in [3.05, 3.63) is 76.1 Å². The van der Waals surface area contributed by atoms with Crippen LogP contribution in [0.25, 0.3) is 0 Å². The quantitative estimate of drug-likeness (QED) is 0.723. The van der Waals surface area contributed by atoms with Crippen LogP contribution in [-0.4, -0.2) is 34.1 Å². The van der Waals surface area contributed by atoms with Gasteiger partial charge in [-0.25, -0.2) is 18.7 Å². The number of aromatic nitrogens is 2. The number of amides is 1. The number of halogens is 2. The minimum Gasteiger partial charge on any atom is -0.454 e. The van der Waals surface area contributed by atoms with Crippen molar-refractivity contribution < 1.29 is 22.7 Å². The van der Waals surface area contributed by atoms with E-state index in [4.69, 9.17) is 9.15 Å². The lowest BCUT2D eigenvalue weighted by molar-refractivity contribution is 0.0697. The first-order valence-electron chi connectivity index (χ1n) is 9.07. The molecule has 1 aliphatic rings. The Balaban J connectivity index is 1.44. The van der Waals surface area contributed by atoms with Crippen LogP contribution in [-0.2, 0) is 0 Å². The summed E-state index contributed by atoms with van der Waals surface area (Å²) in [6, 6.07) is 9.29. The number of nitrogens with zero attached hydrogens (tertiary/aromatic N) is 2. The molecular weight excluding hydrogens is 384 g/mol. The number of ether oxygens (including phenoxy) is 1. The number of likely N-dealkylation sites (tertiary alicyclic amines) is 1. The maximum absolute atomic E-state index is 13.7. The number of carbonyl (C=O) groups excluding carboxylic acids is 1. The molecule has 29 heavy (non-hydrogen) atoms. The SMILES string of the molecule is O=C(c1ccc(Oc2ccc(F)cc2F)cc1)N1CCCC(c2n[nH]c(=O)o2)C1. The molecule has 1 aromatic heterocycles. The number of carbonyl (C=O) groups is 1. The number of aromatic amines is 1. The third-order valence-electron chi connectivity index (χ3n) is 4.74. The molecule has 2 heterocycles. The van der Waals surface area contributed by atoms with Crippen LogP contribution in [0.15, 0.2) is 51.7 Å². The maximum atomic E-state index is 13.7. The van der Waals surface area contributed by atoms with E-state index in [2.05, 4.69) is 10.2 Å². The number of piperidine rings is 1. The summed E-state index contributed by atoms with van der Waals surface area (Å²) in [6.07, 6.45) is 1.53. The molecule has 0 aliphatic carbocycles. The molecule has 0 bridgehead atoms. The average Bonchev–Trinajstić information content (AvgIpc) is 3.17. The third kappa shape index (κ3) is 4.18. The molecule has 7 nitrogen and oxygen atoms in total. The van der Waals surface area contributed by atoms with E-state index in [0.717, 1.165) is 25.0 Å². The van der Waals surface area contributed by atoms with Crippen molar-refractivity contribution in [3.8, 4) is 11.5 Å². The Morgan fingerprint density at radius 3 is 2.69 bits per heavy atom. The fourth-order valence-electron chi connectivity index (χ4n) is 3.31. The summed E-state index contributed by atoms with van der Waals surface area (Å²) in [5.74, 6) is -1.91. The van der Waals surface area contributed by atoms with Crippen LogP contribution in [0.1, 0.15) is 35.0 Å². The zero-order valence-corrected chi connectivity index (χ0v) is 15.2. The third-order valence-corrected chi connectivity index (χ3v) is 4.74. The minimum atomic E-state index is -0.811. The number of H-pyrrole nitrogens is 1. The predicted molar refractivity (Wildman–Crippen MR) is 97.9 cm³/mol. The molecule has 1 saturated heterocycles. The summed E-state index contributed by atoms with van der Waals surface area (Å²) in [5, 5.41) is 6.09. The van der Waals surface area contributed by atoms with E-state index in [0.29, 0.717) is 30.3 Å². The van der Waals surface area contributed by atoms with Gasteiger partial charge in [-0.15, -0.1) is 5.10 Å². The van der Waals surface area contributed by atoms with E-state index < -0.39 is 17.4 Å². The van der Waals surface area contributed by atoms with Crippen LogP contribution in [0.5, 0.6) is 11.5 Å². The van der Waals surface area contributed by atoms with Crippen molar-refractivity contribution in [1.29, 1.82) is 0 Å². The van der Waals surface area contributed by atoms with Crippen LogP contribution in [0.2, 0.25) is 0 Å². The predicted octanol–water partition coefficient (Wildman–Crippen LogP) is 3.45. The second-order valence-corrected chi connectivity index (χ2v) is 6.74. The molecule has 3 aromatic rings. The zero-order valence-electron chi connectivity index (χ0n) is 15.2. The van der Waals surface area contributed by atoms with Crippen LogP contribution in [0.3, 0.4) is 0 Å². The lowest BCUT2D eigenvalue weighted by Crippen LogP contribution is -2.39. The summed E-state index contributed by atoms with van der Waals surface area (Å²) < 4.78 is 37.1. The standard InChI is InChI=1S/C20H17F2N3O4/c21-14-5-8-17(16(22)10-14)28-15-6-3-12(4-7-15)19(26)25-9-1-2-13(11-25)18-23-24-20(27)29-18/h3-8,10,13H,1-2,9,11H2,(H,24,27). The first kappa shape index (κ1) is 18.9. The molecule has 1 atom stereocenters. The van der Waals surface area contributed by atoms with Crippen molar-refractivity contribution in [2.45, 2.75) is 18.8 Å². The average molecular weight is 401 g/mol. The highest BCUT2D eigenvalue weighted by atomic mass is 19.1. The molecule has 2 aromatic carbocycles. The zero-order chi connectivity index (χ0) is 20.4. The number of benzene rings is 2. The lowest BCUT2D eigenvalue weighted by atomic mass is 9.97. The van der Waals surface area contributed by atoms with E-state index in [9.17, 15) is 18.4 Å². The Bertz CT molecular complexity index is 1080. The summed E-state index contributed by atoms with van der Waals surface area (Å²) in [6.45, 7) is 0.981. The van der Waals surface area contributed by atoms with Crippen LogP contribution in [0.4, 0.5) is 8.78 Å². The van der Waals surface area contributed by atoms with E-state index in [1.54, 1.807) is 29.2 Å². The van der Waals surface area contributed by atoms with Gasteiger partial charge in [0.15, 0.2) is 11.6 Å². The summed E-state index contributed by atoms with van der Waals surface area (Å²) in [5.41, 5.74) is 0.445. The second kappa shape index (κ2) is 7.86. The van der Waals surface area contributed by atoms with Crippen molar-refractivity contribution >= 4 is 5.91 Å². The molecule has 1 unspecified atom stereocenters. The fraction of sp³-hybridized carbons (Fsp3) is 0.250. The molecule has 4 rings (SSSR count). The van der Waals surface area contributed by atoms with E-state index in [-0.39, 0.29) is 17.6 Å². The van der Waals surface area contributed by atoms with Crippen molar-refractivity contribution in [2.75, 3.05) is 13.1 Å². The largest absolute Gasteiger partial charge is 0.454 e. The Labute approximate surface area is 163 Å². The first-order chi connectivity index (χ1) is 14.0. The van der Waals surface area contributed by atoms with Crippen molar-refractivity contribution in [1.82, 2.24) is 15.1 Å². The Kier molecular flexibility index (Phi) is 5.11. The number of hydrogen-bond donors (Lipinski definition) is 1. The number of rotatable bonds is 4. The van der Waals surface area contributed by atoms with Crippen molar-refractivity contribution in [2.24, 2.45) is 0 Å². The van der Waals surface area contributed by atoms with Gasteiger partial charge in [0.1, 0.15) is 11.6 Å². The van der Waals surface area contributed by atoms with Gasteiger partial charge in [0.05, 0.1) is 5.92 Å². The second-order valence-electron chi connectivity index (χ2n) is 6.74. The molecule has 0 spiro atoms. The molecule has 0 saturated carbocycles. The van der Waals surface area contributed by atoms with Gasteiger partial charge in [0.2, 0.25) is 5.89 Å². The van der Waals surface area contributed by atoms with Crippen LogP contribution >= 0.6 is 0 Å². The van der Waals surface area contributed by atoms with Gasteiger partial charge < -0.3 is 14.1 Å². The van der Waals surface area contributed by atoms with Crippen LogP contribution in [0, 0.1) is 11.6 Å². The molecule has 1 amide bonds. The molecule has 9 heteroatoms. The Hall–Kier alpha value is -3.49. The van der Waals surface area contributed by atoms with E-state index in [1.165, 1.54) is 6.07 Å².